The van der Waals surface area contributed by atoms with Crippen molar-refractivity contribution in [2.75, 3.05) is 30.0 Å². The summed E-state index contributed by atoms with van der Waals surface area (Å²) >= 11 is 0. The lowest BCUT2D eigenvalue weighted by Gasteiger charge is -2.28. The van der Waals surface area contributed by atoms with Crippen molar-refractivity contribution in [2.24, 2.45) is 5.10 Å². The lowest BCUT2D eigenvalue weighted by atomic mass is 10.1. The van der Waals surface area contributed by atoms with Gasteiger partial charge in [0, 0.05) is 54.8 Å². The fourth-order valence-corrected chi connectivity index (χ4v) is 3.70. The average molecular weight is 423 g/mol. The largest absolute Gasteiger partial charge is 0.396 e. The summed E-state index contributed by atoms with van der Waals surface area (Å²) in [7, 11) is 0. The zero-order valence-electron chi connectivity index (χ0n) is 18.6. The topological polar surface area (TPSA) is 89.4 Å². The summed E-state index contributed by atoms with van der Waals surface area (Å²) in [4.78, 5) is 15.0. The van der Waals surface area contributed by atoms with Crippen LogP contribution >= 0.6 is 0 Å². The summed E-state index contributed by atoms with van der Waals surface area (Å²) in [6.45, 7) is 6.27. The van der Waals surface area contributed by atoms with Gasteiger partial charge in [-0.25, -0.2) is 9.97 Å². The fraction of sp³-hybridized carbons (Fsp3) is 0.458. The number of aliphatic hydroxyl groups excluding tert-OH is 1. The monoisotopic (exact) mass is 422 g/mol. The molecule has 1 aromatic carbocycles. The number of H-pyrrole nitrogens is 1. The van der Waals surface area contributed by atoms with Crippen molar-refractivity contribution in [3.8, 4) is 0 Å². The van der Waals surface area contributed by atoms with E-state index in [-0.39, 0.29) is 6.61 Å². The number of aryl methyl sites for hydroxylation is 1. The van der Waals surface area contributed by atoms with Gasteiger partial charge < -0.3 is 15.0 Å². The highest BCUT2D eigenvalue weighted by Crippen LogP contribution is 2.21. The molecule has 2 aromatic heterocycles. The molecule has 0 spiro atoms. The number of aromatic nitrogens is 3. The number of unbranched alkanes of at least 4 members (excludes halogenated alkanes) is 1. The molecule has 0 radical (unpaired) electrons. The van der Waals surface area contributed by atoms with Crippen LogP contribution in [-0.4, -0.2) is 46.0 Å². The van der Waals surface area contributed by atoms with E-state index in [4.69, 9.17) is 10.1 Å². The molecule has 0 saturated carbocycles. The predicted octanol–water partition coefficient (Wildman–Crippen LogP) is 4.74. The van der Waals surface area contributed by atoms with Crippen molar-refractivity contribution in [1.29, 1.82) is 0 Å². The zero-order chi connectivity index (χ0) is 21.9. The SMILES string of the molecule is CC.OCCCCc1nc(N/N=C/c2c[nH]c3ccccc23)cc(N2CCCCC2)n1. The predicted molar refractivity (Wildman–Crippen MR) is 129 cm³/mol. The zero-order valence-corrected chi connectivity index (χ0v) is 18.6. The molecule has 3 aromatic rings. The average Bonchev–Trinajstić information content (AvgIpc) is 3.24. The molecular formula is C24H34N6O. The third-order valence-corrected chi connectivity index (χ3v) is 5.25. The van der Waals surface area contributed by atoms with Crippen LogP contribution in [0.25, 0.3) is 10.9 Å². The fourth-order valence-electron chi connectivity index (χ4n) is 3.70. The Balaban J connectivity index is 0.00000132. The van der Waals surface area contributed by atoms with Crippen molar-refractivity contribution >= 4 is 28.8 Å². The Morgan fingerprint density at radius 3 is 2.74 bits per heavy atom. The highest BCUT2D eigenvalue weighted by molar-refractivity contribution is 5.99. The molecule has 0 unspecified atom stereocenters. The standard InChI is InChI=1S/C22H28N6O.C2H6/c29-13-7-4-10-20-25-21(14-22(26-20)28-11-5-1-6-12-28)27-24-16-17-15-23-19-9-3-2-8-18(17)19;1-2/h2-3,8-9,14-16,23,29H,1,4-7,10-13H2,(H,25,26,27);1-2H3/b24-16+;. The minimum atomic E-state index is 0.200. The van der Waals surface area contributed by atoms with E-state index in [2.05, 4.69) is 31.5 Å². The summed E-state index contributed by atoms with van der Waals surface area (Å²) in [5.74, 6) is 2.46. The lowest BCUT2D eigenvalue weighted by Crippen LogP contribution is -2.30. The number of hydrazone groups is 1. The van der Waals surface area contributed by atoms with Crippen LogP contribution in [0.3, 0.4) is 0 Å². The Bertz CT molecular complexity index is 962. The molecule has 0 amide bonds. The summed E-state index contributed by atoms with van der Waals surface area (Å²) < 4.78 is 0. The van der Waals surface area contributed by atoms with Crippen LogP contribution in [0.2, 0.25) is 0 Å². The van der Waals surface area contributed by atoms with Crippen LogP contribution < -0.4 is 10.3 Å². The Hall–Kier alpha value is -2.93. The highest BCUT2D eigenvalue weighted by Gasteiger charge is 2.14. The van der Waals surface area contributed by atoms with Gasteiger partial charge >= 0.3 is 0 Å². The van der Waals surface area contributed by atoms with E-state index in [9.17, 15) is 0 Å². The number of rotatable bonds is 8. The number of piperidine rings is 1. The van der Waals surface area contributed by atoms with Gasteiger partial charge in [0.1, 0.15) is 11.6 Å². The molecule has 0 bridgehead atoms. The minimum Gasteiger partial charge on any atom is -0.396 e. The number of aromatic amines is 1. The van der Waals surface area contributed by atoms with Gasteiger partial charge in [-0.15, -0.1) is 0 Å². The molecular weight excluding hydrogens is 388 g/mol. The van der Waals surface area contributed by atoms with Gasteiger partial charge in [-0.2, -0.15) is 5.10 Å². The molecule has 7 heteroatoms. The van der Waals surface area contributed by atoms with E-state index in [0.717, 1.165) is 60.5 Å². The highest BCUT2D eigenvalue weighted by atomic mass is 16.2. The maximum atomic E-state index is 9.06. The number of nitrogens with zero attached hydrogens (tertiary/aromatic N) is 4. The summed E-state index contributed by atoms with van der Waals surface area (Å²) in [5, 5.41) is 14.6. The number of anilines is 2. The second-order valence-corrected chi connectivity index (χ2v) is 7.42. The van der Waals surface area contributed by atoms with E-state index in [0.29, 0.717) is 5.82 Å². The molecule has 3 N–H and O–H groups in total. The van der Waals surface area contributed by atoms with Crippen LogP contribution in [0.15, 0.2) is 41.6 Å². The Labute approximate surface area is 184 Å². The number of para-hydroxylation sites is 1. The molecule has 7 nitrogen and oxygen atoms in total. The molecule has 1 aliphatic rings. The van der Waals surface area contributed by atoms with E-state index < -0.39 is 0 Å². The Kier molecular flexibility index (Phi) is 8.84. The quantitative estimate of drug-likeness (QED) is 0.277. The molecule has 1 fully saturated rings. The van der Waals surface area contributed by atoms with Crippen LogP contribution in [0.1, 0.15) is 57.3 Å². The van der Waals surface area contributed by atoms with Gasteiger partial charge in [0.2, 0.25) is 0 Å². The van der Waals surface area contributed by atoms with Crippen molar-refractivity contribution in [1.82, 2.24) is 15.0 Å². The van der Waals surface area contributed by atoms with Gasteiger partial charge in [0.25, 0.3) is 0 Å². The first-order valence-electron chi connectivity index (χ1n) is 11.4. The molecule has 4 rings (SSSR count). The number of benzene rings is 1. The summed E-state index contributed by atoms with van der Waals surface area (Å²) in [6.07, 6.45) is 9.84. The van der Waals surface area contributed by atoms with Crippen LogP contribution in [0, 0.1) is 0 Å². The van der Waals surface area contributed by atoms with Crippen molar-refractivity contribution < 1.29 is 5.11 Å². The van der Waals surface area contributed by atoms with Gasteiger partial charge in [-0.3, -0.25) is 5.43 Å². The van der Waals surface area contributed by atoms with Crippen LogP contribution in [0.5, 0.6) is 0 Å². The van der Waals surface area contributed by atoms with Gasteiger partial charge in [0.05, 0.1) is 6.21 Å². The number of hydrogen-bond donors (Lipinski definition) is 3. The van der Waals surface area contributed by atoms with Gasteiger partial charge in [-0.05, 0) is 38.2 Å². The second kappa shape index (κ2) is 12.1. The summed E-state index contributed by atoms with van der Waals surface area (Å²) in [6, 6.07) is 10.1. The smallest absolute Gasteiger partial charge is 0.152 e. The minimum absolute atomic E-state index is 0.200. The van der Waals surface area contributed by atoms with Crippen molar-refractivity contribution in [3.05, 3.63) is 47.9 Å². The number of aliphatic hydroxyl groups is 1. The van der Waals surface area contributed by atoms with Gasteiger partial charge in [0.15, 0.2) is 5.82 Å². The van der Waals surface area contributed by atoms with Crippen molar-refractivity contribution in [3.63, 3.8) is 0 Å². The summed E-state index contributed by atoms with van der Waals surface area (Å²) in [5.41, 5.74) is 5.21. The maximum absolute atomic E-state index is 9.06. The van der Waals surface area contributed by atoms with E-state index >= 15 is 0 Å². The molecule has 0 aliphatic carbocycles. The molecule has 0 atom stereocenters. The second-order valence-electron chi connectivity index (χ2n) is 7.42. The number of nitrogens with one attached hydrogen (secondary N) is 2. The third kappa shape index (κ3) is 6.28. The van der Waals surface area contributed by atoms with Crippen LogP contribution in [0.4, 0.5) is 11.6 Å². The van der Waals surface area contributed by atoms with E-state index in [1.165, 1.54) is 19.3 Å². The van der Waals surface area contributed by atoms with Crippen molar-refractivity contribution in [2.45, 2.75) is 52.4 Å². The number of hydrogen-bond acceptors (Lipinski definition) is 6. The molecule has 166 valence electrons. The lowest BCUT2D eigenvalue weighted by molar-refractivity contribution is 0.284. The molecule has 31 heavy (non-hydrogen) atoms. The van der Waals surface area contributed by atoms with E-state index in [1.54, 1.807) is 0 Å². The molecule has 1 aliphatic heterocycles. The Morgan fingerprint density at radius 1 is 1.13 bits per heavy atom. The first-order chi connectivity index (χ1) is 15.3. The Morgan fingerprint density at radius 2 is 1.94 bits per heavy atom. The first-order valence-corrected chi connectivity index (χ1v) is 11.4. The normalized spacial score (nSPS) is 14.0. The van der Waals surface area contributed by atoms with Crippen LogP contribution in [-0.2, 0) is 6.42 Å². The third-order valence-electron chi connectivity index (χ3n) is 5.25. The molecule has 3 heterocycles. The first kappa shape index (κ1) is 22.7. The molecule has 1 saturated heterocycles. The van der Waals surface area contributed by atoms with Gasteiger partial charge in [-0.1, -0.05) is 32.0 Å². The number of fused-ring (bicyclic) bond motifs is 1. The maximum Gasteiger partial charge on any atom is 0.152 e. The van der Waals surface area contributed by atoms with E-state index in [1.807, 2.05) is 50.5 Å².